The monoisotopic (exact) mass is 1760 g/mol. The summed E-state index contributed by atoms with van der Waals surface area (Å²) >= 11 is 0. The highest BCUT2D eigenvalue weighted by Crippen LogP contribution is 2.60. The molecule has 4 nitrogen and oxygen atoms in total. The summed E-state index contributed by atoms with van der Waals surface area (Å²) in [7, 11) is -1.76. The molecule has 0 aromatic heterocycles. The predicted molar refractivity (Wildman–Crippen MR) is 560 cm³/mol. The standard InChI is InChI=1S/C54H44O4P2.2C36H38/c1-7-19-39(20-8-1)45-35-49-53(57-33-31-55-49)51(47(45)37-59(41-23-11-3-12-24-41)42-25-13-4-14-26-42)52-48(38-60(43-27-15-5-16-28-43)44-29-17-6-18-30-44)46(40-21-9-2-10-22-40)36-50-54(52)58-34-32-56-50;2*1-3-29-33(25-15-7-5-8-16-25)23-27-19-11-13-21-31(27)35(29)36-30(4-2)34(26-17-9-6-10-18-26)24-28-20-12-14-22-32(28)36/h1-30,35-36H,31-34,37-38H2;2*5-10,15-18,23-24H,3-4,11-14,19-22H2,1-2H3. The van der Waals surface area contributed by atoms with E-state index in [2.05, 4.69) is 367 Å². The van der Waals surface area contributed by atoms with Crippen molar-refractivity contribution >= 4 is 37.1 Å². The molecule has 22 rings (SSSR count). The topological polar surface area (TPSA) is 36.9 Å². The van der Waals surface area contributed by atoms with Crippen molar-refractivity contribution in [2.75, 3.05) is 26.4 Å². The SMILES string of the molecule is CCc1c(-c2ccccc2)cc2c(c1-c1c3c(cc(-c4ccccc4)c1CC)CCCC3)CCCC2.CCc1c(-c2ccccc2)cc2c(c1-c1c3c(cc(-c4ccccc4)c1CC)CCCC3)CCCC2.c1ccc(-c2cc3c(c(-c4c(CP(c5ccccc5)c5ccccc5)c(-c5ccccc5)cc5c4OCCO5)c2CP(c2ccccc2)c2ccccc2)OCCO3)cc1. The summed E-state index contributed by atoms with van der Waals surface area (Å²) in [6.45, 7) is 11.3. The Labute approximate surface area is 786 Å². The highest BCUT2D eigenvalue weighted by Gasteiger charge is 2.37. The third-order valence-electron chi connectivity index (χ3n) is 28.5. The molecular formula is C126H120O4P2. The van der Waals surface area contributed by atoms with Crippen molar-refractivity contribution < 1.29 is 18.9 Å². The zero-order chi connectivity index (χ0) is 89.1. The van der Waals surface area contributed by atoms with Crippen LogP contribution in [0.15, 0.2) is 340 Å². The highest BCUT2D eigenvalue weighted by atomic mass is 31.1. The maximum Gasteiger partial charge on any atom is 0.169 e. The van der Waals surface area contributed by atoms with E-state index in [-0.39, 0.29) is 0 Å². The Morgan fingerprint density at radius 1 is 0.205 bits per heavy atom. The van der Waals surface area contributed by atoms with Gasteiger partial charge < -0.3 is 18.9 Å². The van der Waals surface area contributed by atoms with Gasteiger partial charge in [-0.2, -0.15) is 0 Å². The molecule has 0 fully saturated rings. The fourth-order valence-electron chi connectivity index (χ4n) is 22.5. The van der Waals surface area contributed by atoms with Gasteiger partial charge in [0.1, 0.15) is 26.4 Å². The molecule has 0 unspecified atom stereocenters. The molecule has 0 atom stereocenters. The van der Waals surface area contributed by atoms with E-state index in [0.29, 0.717) is 26.4 Å². The third-order valence-corrected chi connectivity index (χ3v) is 33.4. The van der Waals surface area contributed by atoms with Crippen LogP contribution in [-0.2, 0) is 89.4 Å². The second-order valence-electron chi connectivity index (χ2n) is 36.2. The Bertz CT molecular complexity index is 6000. The van der Waals surface area contributed by atoms with Gasteiger partial charge in [-0.3, -0.25) is 0 Å². The lowest BCUT2D eigenvalue weighted by molar-refractivity contribution is 0.169. The molecule has 0 amide bonds. The number of hydrogen-bond acceptors (Lipinski definition) is 4. The Morgan fingerprint density at radius 2 is 0.402 bits per heavy atom. The van der Waals surface area contributed by atoms with E-state index in [1.807, 2.05) is 0 Å². The average molecular weight is 1760 g/mol. The molecule has 0 saturated carbocycles. The van der Waals surface area contributed by atoms with Crippen LogP contribution < -0.4 is 40.2 Å². The number of rotatable bonds is 21. The van der Waals surface area contributed by atoms with E-state index >= 15 is 0 Å². The molecule has 0 radical (unpaired) electrons. The summed E-state index contributed by atoms with van der Waals surface area (Å²) in [5.74, 6) is 3.02. The summed E-state index contributed by atoms with van der Waals surface area (Å²) in [4.78, 5) is 0. The molecule has 0 N–H and O–H groups in total. The Hall–Kier alpha value is -12.4. The molecule has 0 spiro atoms. The number of ether oxygens (including phenoxy) is 4. The Balaban J connectivity index is 0.000000130. The highest BCUT2D eigenvalue weighted by molar-refractivity contribution is 7.72. The van der Waals surface area contributed by atoms with Crippen LogP contribution in [0, 0.1) is 0 Å². The van der Waals surface area contributed by atoms with Crippen molar-refractivity contribution in [2.45, 2.75) is 168 Å². The van der Waals surface area contributed by atoms with Crippen LogP contribution in [0.2, 0.25) is 0 Å². The first-order valence-electron chi connectivity index (χ1n) is 49.1. The van der Waals surface area contributed by atoms with Crippen molar-refractivity contribution in [3.63, 3.8) is 0 Å². The van der Waals surface area contributed by atoms with Gasteiger partial charge in [-0.1, -0.05) is 355 Å². The normalized spacial score (nSPS) is 14.0. The molecular weight excluding hydrogens is 1640 g/mol. The van der Waals surface area contributed by atoms with Crippen molar-refractivity contribution in [1.82, 2.24) is 0 Å². The van der Waals surface area contributed by atoms with Crippen LogP contribution in [0.3, 0.4) is 0 Å². The van der Waals surface area contributed by atoms with Gasteiger partial charge in [0.05, 0.1) is 0 Å². The third kappa shape index (κ3) is 18.0. The second-order valence-corrected chi connectivity index (χ2v) is 40.6. The van der Waals surface area contributed by atoms with Gasteiger partial charge in [-0.15, -0.1) is 0 Å². The zero-order valence-electron chi connectivity index (χ0n) is 77.2. The van der Waals surface area contributed by atoms with Crippen molar-refractivity contribution in [2.24, 2.45) is 0 Å². The smallest absolute Gasteiger partial charge is 0.169 e. The lowest BCUT2D eigenvalue weighted by Crippen LogP contribution is -2.21. The van der Waals surface area contributed by atoms with Crippen LogP contribution >= 0.6 is 15.8 Å². The molecule has 0 saturated heterocycles. The maximum atomic E-state index is 6.89. The van der Waals surface area contributed by atoms with Gasteiger partial charge in [0.2, 0.25) is 0 Å². The molecule has 16 aromatic carbocycles. The van der Waals surface area contributed by atoms with E-state index < -0.39 is 15.8 Å². The van der Waals surface area contributed by atoms with Gasteiger partial charge in [-0.05, 0) is 345 Å². The molecule has 2 heterocycles. The largest absolute Gasteiger partial charge is 0.486 e. The van der Waals surface area contributed by atoms with E-state index in [9.17, 15) is 0 Å². The summed E-state index contributed by atoms with van der Waals surface area (Å²) in [6.07, 6.45) is 26.1. The molecule has 658 valence electrons. The van der Waals surface area contributed by atoms with E-state index in [1.54, 1.807) is 89.0 Å². The first kappa shape index (κ1) is 87.6. The van der Waals surface area contributed by atoms with E-state index in [0.717, 1.165) is 94.4 Å². The average Bonchev–Trinajstić information content (AvgIpc) is 0.695. The molecule has 6 aliphatic rings. The molecule has 0 bridgehead atoms. The predicted octanol–water partition coefficient (Wildman–Crippen LogP) is 30.6. The van der Waals surface area contributed by atoms with Crippen molar-refractivity contribution in [1.29, 1.82) is 0 Å². The first-order valence-corrected chi connectivity index (χ1v) is 52.2. The Morgan fingerprint density at radius 3 is 0.621 bits per heavy atom. The molecule has 132 heavy (non-hydrogen) atoms. The maximum absolute atomic E-state index is 6.89. The minimum absolute atomic E-state index is 0.449. The lowest BCUT2D eigenvalue weighted by Gasteiger charge is -2.32. The summed E-state index contributed by atoms with van der Waals surface area (Å²) in [6, 6.07) is 125. The second kappa shape index (κ2) is 41.2. The van der Waals surface area contributed by atoms with E-state index in [1.165, 1.54) is 180 Å². The lowest BCUT2D eigenvalue weighted by atomic mass is 9.73. The number of aryl methyl sites for hydroxylation is 4. The molecule has 6 heteroatoms. The zero-order valence-corrected chi connectivity index (χ0v) is 79.0. The van der Waals surface area contributed by atoms with Gasteiger partial charge in [0, 0.05) is 23.5 Å². The number of benzene rings is 16. The minimum atomic E-state index is -0.879. The molecule has 16 aromatic rings. The molecule has 4 aliphatic carbocycles. The van der Waals surface area contributed by atoms with Crippen LogP contribution in [0.1, 0.15) is 157 Å². The summed E-state index contributed by atoms with van der Waals surface area (Å²) in [5, 5.41) is 5.26. The van der Waals surface area contributed by atoms with E-state index in [4.69, 9.17) is 18.9 Å². The van der Waals surface area contributed by atoms with Crippen molar-refractivity contribution in [3.05, 3.63) is 418 Å². The number of fused-ring (bicyclic) bond motifs is 6. The first-order chi connectivity index (χ1) is 65.4. The summed E-state index contributed by atoms with van der Waals surface area (Å²) < 4.78 is 27.0. The fraction of sp³-hybridized carbons (Fsp3) is 0.238. The minimum Gasteiger partial charge on any atom is -0.486 e. The Kier molecular flexibility index (Phi) is 27.3. The van der Waals surface area contributed by atoms with Gasteiger partial charge in [0.25, 0.3) is 0 Å². The van der Waals surface area contributed by atoms with Gasteiger partial charge in [-0.25, -0.2) is 0 Å². The quantitative estimate of drug-likeness (QED) is 0.0672. The van der Waals surface area contributed by atoms with Crippen molar-refractivity contribution in [3.8, 4) is 123 Å². The summed E-state index contributed by atoms with van der Waals surface area (Å²) in [5.41, 5.74) is 46.1. The van der Waals surface area contributed by atoms with Crippen LogP contribution in [0.4, 0.5) is 0 Å². The molecule has 2 aliphatic heterocycles. The van der Waals surface area contributed by atoms with Crippen LogP contribution in [0.5, 0.6) is 23.0 Å². The number of hydrogen-bond donors (Lipinski definition) is 0. The fourth-order valence-corrected chi connectivity index (χ4v) is 27.2. The van der Waals surface area contributed by atoms with Crippen LogP contribution in [0.25, 0.3) is 100 Å². The van der Waals surface area contributed by atoms with Crippen LogP contribution in [-0.4, -0.2) is 26.4 Å². The van der Waals surface area contributed by atoms with Gasteiger partial charge >= 0.3 is 0 Å². The van der Waals surface area contributed by atoms with Gasteiger partial charge in [0.15, 0.2) is 23.0 Å².